The number of aliphatic imine (C=N–C) groups is 1. The minimum atomic E-state index is -0.523. The van der Waals surface area contributed by atoms with E-state index in [1.807, 2.05) is 60.0 Å². The number of amidine groups is 1. The molecule has 3 aromatic rings. The molecule has 4 heterocycles. The number of hydrogen-bond acceptors (Lipinski definition) is 9. The normalized spacial score (nSPS) is 19.6. The number of nitrogens with one attached hydrogen (secondary N) is 3. The van der Waals surface area contributed by atoms with Crippen LogP contribution in [0.2, 0.25) is 0 Å². The SMILES string of the molecule is CN/C=N\C(=N)c1ccc(N2CCN(C(=O)CN3CC[C@]4(CCN(c5ccc(N)c(C(=N)c6ccc(OC(C)C)nc6)c5)C4=O)C3)CC2)cc1. The van der Waals surface area contributed by atoms with Crippen molar-refractivity contribution in [2.24, 2.45) is 10.4 Å². The monoisotopic (exact) mass is 678 g/mol. The Bertz CT molecular complexity index is 1770. The van der Waals surface area contributed by atoms with E-state index >= 15 is 0 Å². The molecule has 1 atom stereocenters. The predicted molar refractivity (Wildman–Crippen MR) is 197 cm³/mol. The predicted octanol–water partition coefficient (Wildman–Crippen LogP) is 3.22. The second kappa shape index (κ2) is 14.7. The number of nitrogens with zero attached hydrogens (tertiary/aromatic N) is 6. The Balaban J connectivity index is 1.02. The Hall–Kier alpha value is -5.30. The van der Waals surface area contributed by atoms with Gasteiger partial charge in [0.25, 0.3) is 0 Å². The van der Waals surface area contributed by atoms with Crippen LogP contribution in [-0.4, -0.2) is 110 Å². The van der Waals surface area contributed by atoms with Crippen LogP contribution < -0.4 is 25.6 Å². The molecule has 2 amide bonds. The second-order valence-electron chi connectivity index (χ2n) is 13.5. The number of ether oxygens (including phenoxy) is 1. The Morgan fingerprint density at radius 3 is 2.38 bits per heavy atom. The number of anilines is 3. The number of pyridine rings is 1. The molecule has 2 aromatic carbocycles. The zero-order chi connectivity index (χ0) is 35.4. The molecule has 0 aliphatic carbocycles. The van der Waals surface area contributed by atoms with Gasteiger partial charge >= 0.3 is 0 Å². The van der Waals surface area contributed by atoms with E-state index in [9.17, 15) is 9.59 Å². The van der Waals surface area contributed by atoms with E-state index in [2.05, 4.69) is 25.1 Å². The standard InChI is InChI=1S/C37H46N10O3/c1-25(2)50-32-11-6-27(21-42-32)34(39)30-20-29(9-10-31(30)38)47-15-13-37(36(47)49)12-14-44(23-37)22-33(48)46-18-16-45(17-19-46)28-7-4-26(5-8-28)35(40)43-24-41-3/h4-11,20-21,24-25,39H,12-19,22-23,38H2,1-3H3,(H2,40,41,43)/t37-/m0/s1. The van der Waals surface area contributed by atoms with Crippen LogP contribution in [0.5, 0.6) is 5.88 Å². The lowest BCUT2D eigenvalue weighted by molar-refractivity contribution is -0.133. The highest BCUT2D eigenvalue weighted by atomic mass is 16.5. The van der Waals surface area contributed by atoms with Gasteiger partial charge in [0.2, 0.25) is 17.7 Å². The van der Waals surface area contributed by atoms with Crippen molar-refractivity contribution in [1.82, 2.24) is 20.1 Å². The lowest BCUT2D eigenvalue weighted by atomic mass is 9.85. The van der Waals surface area contributed by atoms with Gasteiger partial charge in [-0.15, -0.1) is 0 Å². The van der Waals surface area contributed by atoms with Crippen molar-refractivity contribution in [2.75, 3.05) is 74.9 Å². The summed E-state index contributed by atoms with van der Waals surface area (Å²) >= 11 is 0. The summed E-state index contributed by atoms with van der Waals surface area (Å²) in [6, 6.07) is 16.7. The third-order valence-electron chi connectivity index (χ3n) is 9.76. The van der Waals surface area contributed by atoms with Crippen LogP contribution in [-0.2, 0) is 9.59 Å². The maximum atomic E-state index is 14.0. The summed E-state index contributed by atoms with van der Waals surface area (Å²) in [5.74, 6) is 0.849. The van der Waals surface area contributed by atoms with Gasteiger partial charge < -0.3 is 30.5 Å². The van der Waals surface area contributed by atoms with Gasteiger partial charge in [0.1, 0.15) is 0 Å². The lowest BCUT2D eigenvalue weighted by Crippen LogP contribution is -2.51. The number of piperazine rings is 1. The van der Waals surface area contributed by atoms with Crippen molar-refractivity contribution >= 4 is 46.8 Å². The average molecular weight is 679 g/mol. The van der Waals surface area contributed by atoms with E-state index in [1.165, 1.54) is 6.34 Å². The molecule has 13 nitrogen and oxygen atoms in total. The van der Waals surface area contributed by atoms with Crippen molar-refractivity contribution in [3.8, 4) is 5.88 Å². The smallest absolute Gasteiger partial charge is 0.236 e. The molecule has 13 heteroatoms. The molecule has 0 unspecified atom stereocenters. The molecular weight excluding hydrogens is 632 g/mol. The van der Waals surface area contributed by atoms with E-state index in [0.29, 0.717) is 74.8 Å². The molecule has 262 valence electrons. The molecule has 1 aromatic heterocycles. The fourth-order valence-corrected chi connectivity index (χ4v) is 7.00. The summed E-state index contributed by atoms with van der Waals surface area (Å²) in [7, 11) is 1.74. The van der Waals surface area contributed by atoms with Crippen LogP contribution in [0.4, 0.5) is 17.1 Å². The Labute approximate surface area is 293 Å². The summed E-state index contributed by atoms with van der Waals surface area (Å²) in [6.45, 7) is 8.73. The number of likely N-dealkylation sites (tertiary alicyclic amines) is 1. The van der Waals surface area contributed by atoms with Gasteiger partial charge in [0, 0.05) is 92.3 Å². The number of hydrogen-bond donors (Lipinski definition) is 4. The second-order valence-corrected chi connectivity index (χ2v) is 13.5. The van der Waals surface area contributed by atoms with Gasteiger partial charge in [-0.25, -0.2) is 9.98 Å². The quantitative estimate of drug-likeness (QED) is 0.144. The summed E-state index contributed by atoms with van der Waals surface area (Å²) in [5.41, 5.74) is 10.2. The van der Waals surface area contributed by atoms with E-state index in [4.69, 9.17) is 21.3 Å². The van der Waals surface area contributed by atoms with Crippen LogP contribution in [0.15, 0.2) is 65.8 Å². The number of benzene rings is 2. The first-order valence-corrected chi connectivity index (χ1v) is 17.1. The van der Waals surface area contributed by atoms with Gasteiger partial charge in [-0.1, -0.05) is 0 Å². The summed E-state index contributed by atoms with van der Waals surface area (Å²) in [5, 5.41) is 19.7. The minimum Gasteiger partial charge on any atom is -0.475 e. The highest BCUT2D eigenvalue weighted by Crippen LogP contribution is 2.43. The maximum Gasteiger partial charge on any atom is 0.236 e. The van der Waals surface area contributed by atoms with Crippen LogP contribution in [0, 0.1) is 16.2 Å². The van der Waals surface area contributed by atoms with Gasteiger partial charge in [-0.2, -0.15) is 0 Å². The number of aromatic nitrogens is 1. The van der Waals surface area contributed by atoms with Crippen molar-refractivity contribution in [1.29, 1.82) is 10.8 Å². The fraction of sp³-hybridized carbons (Fsp3) is 0.405. The van der Waals surface area contributed by atoms with E-state index in [1.54, 1.807) is 31.4 Å². The molecule has 3 fully saturated rings. The molecule has 1 spiro atoms. The minimum absolute atomic E-state index is 0.000829. The first-order valence-electron chi connectivity index (χ1n) is 17.1. The molecule has 3 aliphatic rings. The molecular formula is C37H46N10O3. The van der Waals surface area contributed by atoms with Crippen LogP contribution in [0.1, 0.15) is 43.4 Å². The van der Waals surface area contributed by atoms with Crippen molar-refractivity contribution in [2.45, 2.75) is 32.8 Å². The van der Waals surface area contributed by atoms with E-state index in [-0.39, 0.29) is 29.5 Å². The number of rotatable bonds is 10. The highest BCUT2D eigenvalue weighted by Gasteiger charge is 2.51. The molecule has 3 aliphatic heterocycles. The average Bonchev–Trinajstić information content (AvgIpc) is 3.68. The number of carbonyl (C=O) groups is 2. The lowest BCUT2D eigenvalue weighted by Gasteiger charge is -2.37. The van der Waals surface area contributed by atoms with Crippen molar-refractivity contribution < 1.29 is 14.3 Å². The highest BCUT2D eigenvalue weighted by molar-refractivity contribution is 6.14. The summed E-state index contributed by atoms with van der Waals surface area (Å²) in [4.78, 5) is 43.8. The van der Waals surface area contributed by atoms with Gasteiger partial charge in [-0.05, 0) is 81.8 Å². The van der Waals surface area contributed by atoms with Gasteiger partial charge in [-0.3, -0.25) is 25.3 Å². The van der Waals surface area contributed by atoms with E-state index < -0.39 is 5.41 Å². The number of amides is 2. The molecule has 0 radical (unpaired) electrons. The Morgan fingerprint density at radius 2 is 1.70 bits per heavy atom. The van der Waals surface area contributed by atoms with Gasteiger partial charge in [0.15, 0.2) is 5.84 Å². The molecule has 5 N–H and O–H groups in total. The maximum absolute atomic E-state index is 14.0. The van der Waals surface area contributed by atoms with Gasteiger partial charge in [0.05, 0.1) is 30.1 Å². The van der Waals surface area contributed by atoms with Crippen molar-refractivity contribution in [3.63, 3.8) is 0 Å². The number of nitrogens with two attached hydrogens (primary N) is 1. The summed E-state index contributed by atoms with van der Waals surface area (Å²) < 4.78 is 5.63. The largest absolute Gasteiger partial charge is 0.475 e. The van der Waals surface area contributed by atoms with Crippen LogP contribution in [0.25, 0.3) is 0 Å². The molecule has 6 rings (SSSR count). The third-order valence-corrected chi connectivity index (χ3v) is 9.76. The molecule has 0 bridgehead atoms. The Kier molecular flexibility index (Phi) is 10.1. The zero-order valence-corrected chi connectivity index (χ0v) is 29.0. The van der Waals surface area contributed by atoms with Crippen LogP contribution in [0.3, 0.4) is 0 Å². The first kappa shape index (κ1) is 34.6. The molecule has 50 heavy (non-hydrogen) atoms. The third kappa shape index (κ3) is 7.32. The van der Waals surface area contributed by atoms with E-state index in [0.717, 1.165) is 30.0 Å². The molecule has 3 saturated heterocycles. The summed E-state index contributed by atoms with van der Waals surface area (Å²) in [6.07, 6.45) is 4.52. The van der Waals surface area contributed by atoms with Crippen LogP contribution >= 0.6 is 0 Å². The first-order chi connectivity index (χ1) is 24.1. The molecule has 0 saturated carbocycles. The number of nitrogen functional groups attached to an aromatic ring is 1. The fourth-order valence-electron chi connectivity index (χ4n) is 7.00. The van der Waals surface area contributed by atoms with Crippen molar-refractivity contribution in [3.05, 3.63) is 77.5 Å². The number of carbonyl (C=O) groups excluding carboxylic acids is 2. The topological polar surface area (TPSA) is 167 Å². The Morgan fingerprint density at radius 1 is 1.00 bits per heavy atom. The zero-order valence-electron chi connectivity index (χ0n) is 29.0.